The number of nitrogens with zero attached hydrogens (tertiary/aromatic N) is 1. The Kier molecular flexibility index (Phi) is 5.31. The number of aliphatic carboxylic acids is 1. The van der Waals surface area contributed by atoms with Crippen molar-refractivity contribution in [3.05, 3.63) is 72.1 Å². The largest absolute Gasteiger partial charge is 0.480 e. The molecule has 2 heterocycles. The molecule has 30 heavy (non-hydrogen) atoms. The van der Waals surface area contributed by atoms with Crippen LogP contribution in [0.5, 0.6) is 0 Å². The monoisotopic (exact) mass is 403 g/mol. The Balaban J connectivity index is 1.48. The van der Waals surface area contributed by atoms with E-state index in [0.717, 1.165) is 32.9 Å². The van der Waals surface area contributed by atoms with Crippen LogP contribution in [-0.4, -0.2) is 32.6 Å². The number of benzene rings is 2. The van der Waals surface area contributed by atoms with Crippen LogP contribution in [0.3, 0.4) is 0 Å². The van der Waals surface area contributed by atoms with Gasteiger partial charge in [0.1, 0.15) is 6.04 Å². The van der Waals surface area contributed by atoms with Crippen molar-refractivity contribution in [2.24, 2.45) is 13.0 Å². The zero-order valence-electron chi connectivity index (χ0n) is 17.1. The van der Waals surface area contributed by atoms with E-state index in [9.17, 15) is 14.7 Å². The molecule has 4 aromatic rings. The van der Waals surface area contributed by atoms with E-state index in [0.29, 0.717) is 6.42 Å². The van der Waals surface area contributed by atoms with Crippen LogP contribution in [-0.2, 0) is 29.5 Å². The maximum Gasteiger partial charge on any atom is 0.326 e. The Bertz CT molecular complexity index is 1220. The van der Waals surface area contributed by atoms with E-state index >= 15 is 0 Å². The van der Waals surface area contributed by atoms with Crippen LogP contribution in [0.4, 0.5) is 0 Å². The van der Waals surface area contributed by atoms with Crippen molar-refractivity contribution in [2.75, 3.05) is 0 Å². The first-order valence-corrected chi connectivity index (χ1v) is 10.0. The first-order valence-electron chi connectivity index (χ1n) is 10.0. The van der Waals surface area contributed by atoms with Crippen LogP contribution in [0.2, 0.25) is 0 Å². The molecule has 2 aromatic heterocycles. The van der Waals surface area contributed by atoms with Gasteiger partial charge in [-0.1, -0.05) is 43.3 Å². The smallest absolute Gasteiger partial charge is 0.326 e. The van der Waals surface area contributed by atoms with Crippen molar-refractivity contribution in [2.45, 2.75) is 25.8 Å². The van der Waals surface area contributed by atoms with Crippen molar-refractivity contribution < 1.29 is 14.7 Å². The van der Waals surface area contributed by atoms with Gasteiger partial charge in [-0.15, -0.1) is 0 Å². The molecule has 6 heteroatoms. The van der Waals surface area contributed by atoms with Crippen molar-refractivity contribution in [3.8, 4) is 0 Å². The van der Waals surface area contributed by atoms with Crippen molar-refractivity contribution in [1.82, 2.24) is 14.9 Å². The van der Waals surface area contributed by atoms with Gasteiger partial charge in [0.2, 0.25) is 5.91 Å². The molecule has 0 aliphatic rings. The van der Waals surface area contributed by atoms with Gasteiger partial charge in [-0.05, 0) is 29.7 Å². The van der Waals surface area contributed by atoms with Gasteiger partial charge in [0, 0.05) is 53.6 Å². The van der Waals surface area contributed by atoms with Gasteiger partial charge < -0.3 is 20.0 Å². The highest BCUT2D eigenvalue weighted by atomic mass is 16.4. The lowest BCUT2D eigenvalue weighted by molar-refractivity contribution is -0.142. The number of hydrogen-bond donors (Lipinski definition) is 3. The summed E-state index contributed by atoms with van der Waals surface area (Å²) in [5, 5.41) is 14.5. The first kappa shape index (κ1) is 19.8. The average molecular weight is 403 g/mol. The molecule has 0 saturated carbocycles. The maximum absolute atomic E-state index is 12.8. The lowest BCUT2D eigenvalue weighted by atomic mass is 9.98. The number of hydrogen-bond acceptors (Lipinski definition) is 2. The van der Waals surface area contributed by atoms with Crippen molar-refractivity contribution in [1.29, 1.82) is 0 Å². The van der Waals surface area contributed by atoms with Gasteiger partial charge >= 0.3 is 5.97 Å². The number of aryl methyl sites for hydroxylation is 1. The summed E-state index contributed by atoms with van der Waals surface area (Å²) in [6, 6.07) is 14.8. The van der Waals surface area contributed by atoms with Crippen LogP contribution in [0.1, 0.15) is 18.1 Å². The number of carbonyl (C=O) groups excluding carboxylic acids is 1. The topological polar surface area (TPSA) is 87.1 Å². The number of fused-ring (bicyclic) bond motifs is 2. The predicted octanol–water partition coefficient (Wildman–Crippen LogP) is 3.65. The molecule has 0 saturated heterocycles. The molecule has 0 spiro atoms. The van der Waals surface area contributed by atoms with E-state index in [1.54, 1.807) is 0 Å². The molecule has 1 amide bonds. The van der Waals surface area contributed by atoms with Crippen LogP contribution >= 0.6 is 0 Å². The Labute approximate surface area is 174 Å². The summed E-state index contributed by atoms with van der Waals surface area (Å²) in [6.07, 6.45) is 4.63. The summed E-state index contributed by atoms with van der Waals surface area (Å²) < 4.78 is 1.98. The van der Waals surface area contributed by atoms with Crippen LogP contribution < -0.4 is 5.32 Å². The van der Waals surface area contributed by atoms with Crippen LogP contribution in [0, 0.1) is 5.92 Å². The third-order valence-electron chi connectivity index (χ3n) is 5.67. The molecule has 3 N–H and O–H groups in total. The molecule has 2 aromatic carbocycles. The van der Waals surface area contributed by atoms with E-state index in [1.807, 2.05) is 79.5 Å². The maximum atomic E-state index is 12.8. The zero-order valence-corrected chi connectivity index (χ0v) is 17.1. The molecule has 6 nitrogen and oxygen atoms in total. The number of carbonyl (C=O) groups is 2. The highest BCUT2D eigenvalue weighted by molar-refractivity contribution is 5.88. The molecule has 0 unspecified atom stereocenters. The lowest BCUT2D eigenvalue weighted by Gasteiger charge is -2.18. The Morgan fingerprint density at radius 1 is 1.03 bits per heavy atom. The number of carboxylic acid groups (broad SMARTS) is 1. The minimum atomic E-state index is -1.03. The molecule has 154 valence electrons. The summed E-state index contributed by atoms with van der Waals surface area (Å²) in [4.78, 5) is 27.9. The third-order valence-corrected chi connectivity index (χ3v) is 5.67. The van der Waals surface area contributed by atoms with Crippen molar-refractivity contribution in [3.63, 3.8) is 0 Å². The quantitative estimate of drug-likeness (QED) is 0.440. The van der Waals surface area contributed by atoms with Gasteiger partial charge in [0.05, 0.1) is 0 Å². The van der Waals surface area contributed by atoms with Gasteiger partial charge in [0.15, 0.2) is 0 Å². The standard InChI is InChI=1S/C24H25N3O3/c1-15(11-16-13-25-20-9-5-3-7-18(16)20)23(28)26-21(24(29)30)12-17-14-27(2)22-10-6-4-8-19(17)22/h3-10,13-15,21,25H,11-12H2,1-2H3,(H,26,28)(H,29,30)/t15-,21+/m0/s1. The van der Waals surface area contributed by atoms with E-state index in [-0.39, 0.29) is 18.2 Å². The fourth-order valence-corrected chi connectivity index (χ4v) is 4.05. The molecule has 0 aliphatic carbocycles. The molecular weight excluding hydrogens is 378 g/mol. The highest BCUT2D eigenvalue weighted by Gasteiger charge is 2.25. The second-order valence-corrected chi connectivity index (χ2v) is 7.85. The second kappa shape index (κ2) is 8.06. The van der Waals surface area contributed by atoms with Crippen LogP contribution in [0.15, 0.2) is 60.9 Å². The molecular formula is C24H25N3O3. The molecule has 0 radical (unpaired) electrons. The molecule has 4 rings (SSSR count). The highest BCUT2D eigenvalue weighted by Crippen LogP contribution is 2.23. The first-order chi connectivity index (χ1) is 14.4. The molecule has 0 bridgehead atoms. The molecule has 0 fully saturated rings. The normalized spacial score (nSPS) is 13.4. The van der Waals surface area contributed by atoms with Gasteiger partial charge in [-0.3, -0.25) is 4.79 Å². The zero-order chi connectivity index (χ0) is 21.3. The Morgan fingerprint density at radius 2 is 1.73 bits per heavy atom. The number of H-pyrrole nitrogens is 1. The summed E-state index contributed by atoms with van der Waals surface area (Å²) in [5.41, 5.74) is 4.02. The van der Waals surface area contributed by atoms with Crippen molar-refractivity contribution >= 4 is 33.7 Å². The predicted molar refractivity (Wildman–Crippen MR) is 117 cm³/mol. The molecule has 0 aliphatic heterocycles. The number of aromatic amines is 1. The number of carboxylic acids is 1. The minimum absolute atomic E-state index is 0.238. The summed E-state index contributed by atoms with van der Waals surface area (Å²) in [6.45, 7) is 1.83. The fraction of sp³-hybridized carbons (Fsp3) is 0.250. The minimum Gasteiger partial charge on any atom is -0.480 e. The summed E-state index contributed by atoms with van der Waals surface area (Å²) in [7, 11) is 1.93. The Hall–Kier alpha value is -3.54. The van der Waals surface area contributed by atoms with Gasteiger partial charge in [0.25, 0.3) is 0 Å². The van der Waals surface area contributed by atoms with E-state index in [2.05, 4.69) is 10.3 Å². The summed E-state index contributed by atoms with van der Waals surface area (Å²) in [5.74, 6) is -1.64. The third kappa shape index (κ3) is 3.81. The van der Waals surface area contributed by atoms with E-state index in [4.69, 9.17) is 0 Å². The number of para-hydroxylation sites is 2. The number of nitrogens with one attached hydrogen (secondary N) is 2. The summed E-state index contributed by atoms with van der Waals surface area (Å²) >= 11 is 0. The number of amides is 1. The number of aromatic nitrogens is 2. The van der Waals surface area contributed by atoms with Gasteiger partial charge in [-0.2, -0.15) is 0 Å². The average Bonchev–Trinajstić information content (AvgIpc) is 3.29. The molecule has 2 atom stereocenters. The SMILES string of the molecule is C[C@@H](Cc1c[nH]c2ccccc12)C(=O)N[C@H](Cc1cn(C)c2ccccc12)C(=O)O. The Morgan fingerprint density at radius 3 is 2.50 bits per heavy atom. The number of rotatable bonds is 7. The van der Waals surface area contributed by atoms with E-state index in [1.165, 1.54) is 0 Å². The van der Waals surface area contributed by atoms with Crippen LogP contribution in [0.25, 0.3) is 21.8 Å². The second-order valence-electron chi connectivity index (χ2n) is 7.85. The lowest BCUT2D eigenvalue weighted by Crippen LogP contribution is -2.44. The van der Waals surface area contributed by atoms with E-state index < -0.39 is 12.0 Å². The van der Waals surface area contributed by atoms with Gasteiger partial charge in [-0.25, -0.2) is 4.79 Å². The fourth-order valence-electron chi connectivity index (χ4n) is 4.05.